The van der Waals surface area contributed by atoms with E-state index in [0.29, 0.717) is 0 Å². The summed E-state index contributed by atoms with van der Waals surface area (Å²) in [6.07, 6.45) is 0. The highest BCUT2D eigenvalue weighted by Gasteiger charge is 2.18. The van der Waals surface area contributed by atoms with E-state index in [-0.39, 0.29) is 5.75 Å². The molecule has 7 nitrogen and oxygen atoms in total. The van der Waals surface area contributed by atoms with Crippen molar-refractivity contribution in [3.05, 3.63) is 0 Å². The van der Waals surface area contributed by atoms with E-state index in [9.17, 15) is 18.0 Å². The van der Waals surface area contributed by atoms with Crippen molar-refractivity contribution in [2.45, 2.75) is 13.0 Å². The molecule has 0 aliphatic heterocycles. The van der Waals surface area contributed by atoms with Crippen LogP contribution in [0.5, 0.6) is 0 Å². The fourth-order valence-corrected chi connectivity index (χ4v) is 2.22. The van der Waals surface area contributed by atoms with Crippen LogP contribution in [-0.4, -0.2) is 37.9 Å². The van der Waals surface area contributed by atoms with Crippen molar-refractivity contribution in [3.63, 3.8) is 0 Å². The van der Waals surface area contributed by atoms with Gasteiger partial charge in [0.25, 0.3) is 0 Å². The summed E-state index contributed by atoms with van der Waals surface area (Å²) in [5.41, 5.74) is 9.88. The average Bonchev–Trinajstić information content (AvgIpc) is 1.77. The van der Waals surface area contributed by atoms with Gasteiger partial charge in [0.2, 0.25) is 5.91 Å². The minimum atomic E-state index is -3.57. The smallest absolute Gasteiger partial charge is 0.318 e. The number of hydrogen-bond acceptors (Lipinski definition) is 5. The first-order valence-electron chi connectivity index (χ1n) is 3.78. The lowest BCUT2D eigenvalue weighted by atomic mass is 10.4. The molecule has 0 aromatic heterocycles. The molecule has 0 bridgehead atoms. The molecule has 0 fully saturated rings. The summed E-state index contributed by atoms with van der Waals surface area (Å²) in [5.74, 6) is -2.03. The first-order valence-corrected chi connectivity index (χ1v) is 5.60. The molecule has 8 heteroatoms. The maximum Gasteiger partial charge on any atom is 0.318 e. The third kappa shape index (κ3) is 6.38. The van der Waals surface area contributed by atoms with Crippen molar-refractivity contribution < 1.29 is 18.0 Å². The molecule has 3 amide bonds. The Labute approximate surface area is 81.7 Å². The zero-order valence-corrected chi connectivity index (χ0v) is 8.50. The normalized spacial score (nSPS) is 13.3. The molecule has 1 unspecified atom stereocenters. The summed E-state index contributed by atoms with van der Waals surface area (Å²) in [7, 11) is -3.57. The Hall–Kier alpha value is -1.15. The lowest BCUT2D eigenvalue weighted by molar-refractivity contribution is -0.117. The van der Waals surface area contributed by atoms with Crippen LogP contribution in [-0.2, 0) is 14.6 Å². The average molecular weight is 223 g/mol. The van der Waals surface area contributed by atoms with Crippen molar-refractivity contribution in [2.24, 2.45) is 11.5 Å². The van der Waals surface area contributed by atoms with E-state index in [4.69, 9.17) is 5.73 Å². The Morgan fingerprint density at radius 1 is 1.43 bits per heavy atom. The Morgan fingerprint density at radius 3 is 2.29 bits per heavy atom. The van der Waals surface area contributed by atoms with Gasteiger partial charge in [-0.15, -0.1) is 0 Å². The van der Waals surface area contributed by atoms with Gasteiger partial charge in [-0.3, -0.25) is 10.1 Å². The number of nitrogens with one attached hydrogen (secondary N) is 1. The number of carbonyl (C=O) groups is 2. The van der Waals surface area contributed by atoms with Crippen LogP contribution >= 0.6 is 0 Å². The molecule has 0 aliphatic carbocycles. The highest BCUT2D eigenvalue weighted by Crippen LogP contribution is 1.92. The summed E-state index contributed by atoms with van der Waals surface area (Å²) in [5, 5.41) is 1.65. The van der Waals surface area contributed by atoms with Gasteiger partial charge in [0.1, 0.15) is 5.75 Å². The summed E-state index contributed by atoms with van der Waals surface area (Å²) in [6, 6.07) is -1.63. The van der Waals surface area contributed by atoms with Crippen molar-refractivity contribution >= 4 is 21.8 Å². The second kappa shape index (κ2) is 4.91. The second-order valence-electron chi connectivity index (χ2n) is 2.94. The van der Waals surface area contributed by atoms with Crippen LogP contribution in [0.1, 0.15) is 6.92 Å². The molecule has 0 saturated heterocycles. The number of carbonyl (C=O) groups excluding carboxylic acids is 2. The number of rotatable bonds is 4. The van der Waals surface area contributed by atoms with Crippen LogP contribution in [0.15, 0.2) is 0 Å². The number of amides is 3. The van der Waals surface area contributed by atoms with Crippen LogP contribution in [0.2, 0.25) is 0 Å². The van der Waals surface area contributed by atoms with Gasteiger partial charge >= 0.3 is 6.03 Å². The van der Waals surface area contributed by atoms with Gasteiger partial charge in [0, 0.05) is 6.04 Å². The minimum Gasteiger partial charge on any atom is -0.351 e. The predicted octanol–water partition coefficient (Wildman–Crippen LogP) is -2.06. The van der Waals surface area contributed by atoms with Gasteiger partial charge in [-0.2, -0.15) is 0 Å². The van der Waals surface area contributed by atoms with Crippen molar-refractivity contribution in [3.8, 4) is 0 Å². The number of primary amides is 1. The van der Waals surface area contributed by atoms with E-state index in [2.05, 4.69) is 5.73 Å². The predicted molar refractivity (Wildman–Crippen MR) is 50.0 cm³/mol. The molecule has 5 N–H and O–H groups in total. The maximum absolute atomic E-state index is 11.1. The quantitative estimate of drug-likeness (QED) is 0.504. The van der Waals surface area contributed by atoms with Crippen LogP contribution < -0.4 is 16.8 Å². The van der Waals surface area contributed by atoms with Crippen molar-refractivity contribution in [1.82, 2.24) is 5.32 Å². The first-order chi connectivity index (χ1) is 6.23. The van der Waals surface area contributed by atoms with E-state index in [1.807, 2.05) is 0 Å². The van der Waals surface area contributed by atoms with Crippen LogP contribution in [0.25, 0.3) is 0 Å². The summed E-state index contributed by atoms with van der Waals surface area (Å²) in [6.45, 7) is 1.50. The van der Waals surface area contributed by atoms with Crippen molar-refractivity contribution in [2.75, 3.05) is 11.5 Å². The molecular weight excluding hydrogens is 210 g/mol. The molecule has 0 saturated carbocycles. The number of imide groups is 1. The van der Waals surface area contributed by atoms with Crippen LogP contribution in [0, 0.1) is 0 Å². The molecule has 0 aliphatic rings. The van der Waals surface area contributed by atoms with E-state index in [1.165, 1.54) is 6.92 Å². The molecule has 14 heavy (non-hydrogen) atoms. The maximum atomic E-state index is 11.1. The van der Waals surface area contributed by atoms with Gasteiger partial charge in [-0.05, 0) is 6.92 Å². The summed E-state index contributed by atoms with van der Waals surface area (Å²) in [4.78, 5) is 21.0. The van der Waals surface area contributed by atoms with Crippen LogP contribution in [0.4, 0.5) is 4.79 Å². The standard InChI is InChI=1S/C6H13N3O4S/c1-4(7)2-14(12,13)3-5(10)9-6(8)11/h4H,2-3,7H2,1H3,(H3,8,9,10,11). The monoisotopic (exact) mass is 223 g/mol. The summed E-state index contributed by atoms with van der Waals surface area (Å²) < 4.78 is 22.3. The third-order valence-electron chi connectivity index (χ3n) is 1.13. The molecule has 82 valence electrons. The second-order valence-corrected chi connectivity index (χ2v) is 5.05. The van der Waals surface area contributed by atoms with Gasteiger partial charge in [0.05, 0.1) is 5.75 Å². The zero-order valence-electron chi connectivity index (χ0n) is 7.69. The molecular formula is C6H13N3O4S. The van der Waals surface area contributed by atoms with Gasteiger partial charge < -0.3 is 11.5 Å². The minimum absolute atomic E-state index is 0.306. The van der Waals surface area contributed by atoms with E-state index < -0.39 is 33.6 Å². The van der Waals surface area contributed by atoms with Gasteiger partial charge in [-0.25, -0.2) is 13.2 Å². The highest BCUT2D eigenvalue weighted by atomic mass is 32.2. The molecule has 0 heterocycles. The van der Waals surface area contributed by atoms with Gasteiger partial charge in [0.15, 0.2) is 9.84 Å². The molecule has 0 spiro atoms. The molecule has 0 aromatic rings. The molecule has 1 atom stereocenters. The van der Waals surface area contributed by atoms with E-state index in [0.717, 1.165) is 0 Å². The number of sulfone groups is 1. The lowest BCUT2D eigenvalue weighted by Crippen LogP contribution is -2.40. The topological polar surface area (TPSA) is 132 Å². The molecule has 0 rings (SSSR count). The van der Waals surface area contributed by atoms with Crippen LogP contribution in [0.3, 0.4) is 0 Å². The first kappa shape index (κ1) is 12.8. The number of hydrogen-bond donors (Lipinski definition) is 3. The summed E-state index contributed by atoms with van der Waals surface area (Å²) >= 11 is 0. The Kier molecular flexibility index (Phi) is 4.51. The number of urea groups is 1. The zero-order chi connectivity index (χ0) is 11.4. The highest BCUT2D eigenvalue weighted by molar-refractivity contribution is 7.92. The fraction of sp³-hybridized carbons (Fsp3) is 0.667. The lowest BCUT2D eigenvalue weighted by Gasteiger charge is -2.05. The Balaban J connectivity index is 4.23. The Bertz CT molecular complexity index is 322. The fourth-order valence-electron chi connectivity index (χ4n) is 0.833. The number of nitrogens with two attached hydrogens (primary N) is 2. The molecule has 0 radical (unpaired) electrons. The van der Waals surface area contributed by atoms with E-state index in [1.54, 1.807) is 5.32 Å². The third-order valence-corrected chi connectivity index (χ3v) is 2.87. The molecule has 0 aromatic carbocycles. The Morgan fingerprint density at radius 2 is 1.93 bits per heavy atom. The van der Waals surface area contributed by atoms with Gasteiger partial charge in [-0.1, -0.05) is 0 Å². The largest absolute Gasteiger partial charge is 0.351 e. The van der Waals surface area contributed by atoms with Crippen molar-refractivity contribution in [1.29, 1.82) is 0 Å². The SMILES string of the molecule is CC(N)CS(=O)(=O)CC(=O)NC(N)=O. The van der Waals surface area contributed by atoms with E-state index >= 15 is 0 Å².